The van der Waals surface area contributed by atoms with E-state index in [2.05, 4.69) is 9.97 Å². The molecule has 0 bridgehead atoms. The lowest BCUT2D eigenvalue weighted by Gasteiger charge is -2.41. The van der Waals surface area contributed by atoms with Gasteiger partial charge in [-0.3, -0.25) is 4.79 Å². The van der Waals surface area contributed by atoms with E-state index in [1.165, 1.54) is 0 Å². The maximum Gasteiger partial charge on any atom is 0.255 e. The van der Waals surface area contributed by atoms with Gasteiger partial charge in [-0.1, -0.05) is 48.0 Å². The third kappa shape index (κ3) is 3.42. The molecule has 6 nitrogen and oxygen atoms in total. The molecular formula is C21H20ClN3O3. The number of imidazole rings is 1. The third-order valence-corrected chi connectivity index (χ3v) is 5.27. The first-order chi connectivity index (χ1) is 13.7. The summed E-state index contributed by atoms with van der Waals surface area (Å²) in [5.74, 6) is 0.476. The molecule has 1 amide bonds. The fourth-order valence-electron chi connectivity index (χ4n) is 3.64. The standard InChI is InChI=1S/C21H20ClN3O3/c22-17-8-4-3-7-16(17)19-18(13-26)28-12-11-25(19)21(27)15-6-2-1-5-14(15)20-23-9-10-24-20/h1-10,18-19,26H,11-13H2,(H,23,24)/t18-,19-/m0/s1. The van der Waals surface area contributed by atoms with Gasteiger partial charge in [0.1, 0.15) is 11.9 Å². The molecule has 4 rings (SSSR count). The second kappa shape index (κ2) is 8.14. The van der Waals surface area contributed by atoms with Crippen LogP contribution in [0.25, 0.3) is 11.4 Å². The van der Waals surface area contributed by atoms with Crippen molar-refractivity contribution in [3.05, 3.63) is 77.1 Å². The van der Waals surface area contributed by atoms with Crippen LogP contribution in [-0.4, -0.2) is 51.7 Å². The quantitative estimate of drug-likeness (QED) is 0.708. The highest BCUT2D eigenvalue weighted by atomic mass is 35.5. The van der Waals surface area contributed by atoms with Gasteiger partial charge in [0.2, 0.25) is 0 Å². The van der Waals surface area contributed by atoms with Gasteiger partial charge >= 0.3 is 0 Å². The average Bonchev–Trinajstić information content (AvgIpc) is 3.28. The smallest absolute Gasteiger partial charge is 0.255 e. The normalized spacial score (nSPS) is 19.6. The van der Waals surface area contributed by atoms with E-state index in [1.807, 2.05) is 36.4 Å². The van der Waals surface area contributed by atoms with Gasteiger partial charge in [-0.2, -0.15) is 0 Å². The van der Waals surface area contributed by atoms with Crippen molar-refractivity contribution in [2.75, 3.05) is 19.8 Å². The Morgan fingerprint density at radius 3 is 2.79 bits per heavy atom. The highest BCUT2D eigenvalue weighted by Gasteiger charge is 2.38. The number of benzene rings is 2. The molecule has 2 heterocycles. The van der Waals surface area contributed by atoms with Gasteiger partial charge in [0.15, 0.2) is 0 Å². The number of ether oxygens (including phenoxy) is 1. The van der Waals surface area contributed by atoms with Crippen molar-refractivity contribution in [1.29, 1.82) is 0 Å². The molecule has 1 aliphatic rings. The molecule has 1 saturated heterocycles. The SMILES string of the molecule is O=C(c1ccccc1-c1ncc[nH]1)N1CCO[C@@H](CO)[C@@H]1c1ccccc1Cl. The Balaban J connectivity index is 1.77. The predicted octanol–water partition coefficient (Wildman–Crippen LogP) is 3.30. The van der Waals surface area contributed by atoms with Crippen LogP contribution in [0.2, 0.25) is 5.02 Å². The summed E-state index contributed by atoms with van der Waals surface area (Å²) in [5, 5.41) is 10.4. The Hall–Kier alpha value is -2.67. The molecule has 2 atom stereocenters. The molecule has 1 aromatic heterocycles. The predicted molar refractivity (Wildman–Crippen MR) is 106 cm³/mol. The molecule has 0 radical (unpaired) electrons. The summed E-state index contributed by atoms with van der Waals surface area (Å²) in [6.45, 7) is 0.540. The number of aliphatic hydroxyl groups excluding tert-OH is 1. The third-order valence-electron chi connectivity index (χ3n) is 4.93. The minimum atomic E-state index is -0.548. The molecule has 1 fully saturated rings. The Morgan fingerprint density at radius 2 is 2.04 bits per heavy atom. The molecule has 144 valence electrons. The van der Waals surface area contributed by atoms with Gasteiger partial charge in [-0.05, 0) is 17.7 Å². The molecule has 0 aliphatic carbocycles. The molecule has 0 spiro atoms. The van der Waals surface area contributed by atoms with Crippen molar-refractivity contribution >= 4 is 17.5 Å². The number of aliphatic hydroxyl groups is 1. The van der Waals surface area contributed by atoms with Gasteiger partial charge in [-0.15, -0.1) is 0 Å². The van der Waals surface area contributed by atoms with Crippen molar-refractivity contribution in [3.63, 3.8) is 0 Å². The van der Waals surface area contributed by atoms with E-state index < -0.39 is 12.1 Å². The maximum atomic E-state index is 13.6. The number of H-pyrrole nitrogens is 1. The van der Waals surface area contributed by atoms with Crippen LogP contribution in [0.15, 0.2) is 60.9 Å². The van der Waals surface area contributed by atoms with Gasteiger partial charge < -0.3 is 19.7 Å². The Morgan fingerprint density at radius 1 is 1.25 bits per heavy atom. The number of nitrogens with one attached hydrogen (secondary N) is 1. The van der Waals surface area contributed by atoms with E-state index in [1.54, 1.807) is 29.4 Å². The molecule has 0 unspecified atom stereocenters. The number of hydrogen-bond donors (Lipinski definition) is 2. The van der Waals surface area contributed by atoms with Crippen LogP contribution in [0.5, 0.6) is 0 Å². The van der Waals surface area contributed by atoms with E-state index in [-0.39, 0.29) is 12.5 Å². The Bertz CT molecular complexity index is 961. The van der Waals surface area contributed by atoms with Gasteiger partial charge in [0.05, 0.1) is 24.8 Å². The minimum Gasteiger partial charge on any atom is -0.394 e. The van der Waals surface area contributed by atoms with Crippen molar-refractivity contribution in [2.24, 2.45) is 0 Å². The lowest BCUT2D eigenvalue weighted by atomic mass is 9.96. The van der Waals surface area contributed by atoms with E-state index in [0.717, 1.165) is 11.1 Å². The first-order valence-electron chi connectivity index (χ1n) is 9.07. The van der Waals surface area contributed by atoms with Crippen LogP contribution < -0.4 is 0 Å². The zero-order valence-corrected chi connectivity index (χ0v) is 15.8. The van der Waals surface area contributed by atoms with Gasteiger partial charge in [0.25, 0.3) is 5.91 Å². The average molecular weight is 398 g/mol. The highest BCUT2D eigenvalue weighted by Crippen LogP contribution is 2.35. The number of halogens is 1. The van der Waals surface area contributed by atoms with Crippen LogP contribution in [0.4, 0.5) is 0 Å². The summed E-state index contributed by atoms with van der Waals surface area (Å²) < 4.78 is 5.75. The zero-order chi connectivity index (χ0) is 19.5. The number of carbonyl (C=O) groups excluding carboxylic acids is 1. The van der Waals surface area contributed by atoms with Crippen LogP contribution in [0.1, 0.15) is 22.0 Å². The molecular weight excluding hydrogens is 378 g/mol. The number of carbonyl (C=O) groups is 1. The number of aromatic nitrogens is 2. The monoisotopic (exact) mass is 397 g/mol. The Kier molecular flexibility index (Phi) is 5.43. The van der Waals surface area contributed by atoms with Gasteiger partial charge in [0, 0.05) is 29.5 Å². The molecule has 1 aliphatic heterocycles. The zero-order valence-electron chi connectivity index (χ0n) is 15.1. The van der Waals surface area contributed by atoms with E-state index in [9.17, 15) is 9.90 Å². The number of hydrogen-bond acceptors (Lipinski definition) is 4. The maximum absolute atomic E-state index is 13.6. The lowest BCUT2D eigenvalue weighted by Crippen LogP contribution is -2.49. The van der Waals surface area contributed by atoms with E-state index in [4.69, 9.17) is 16.3 Å². The summed E-state index contributed by atoms with van der Waals surface area (Å²) in [6.07, 6.45) is 2.83. The highest BCUT2D eigenvalue weighted by molar-refractivity contribution is 6.31. The van der Waals surface area contributed by atoms with Crippen LogP contribution in [0, 0.1) is 0 Å². The van der Waals surface area contributed by atoms with Crippen LogP contribution in [-0.2, 0) is 4.74 Å². The van der Waals surface area contributed by atoms with E-state index >= 15 is 0 Å². The summed E-state index contributed by atoms with van der Waals surface area (Å²) >= 11 is 6.42. The molecule has 2 aromatic carbocycles. The number of aromatic amines is 1. The number of rotatable bonds is 4. The van der Waals surface area contributed by atoms with Crippen molar-refractivity contribution in [2.45, 2.75) is 12.1 Å². The molecule has 7 heteroatoms. The fraction of sp³-hybridized carbons (Fsp3) is 0.238. The largest absolute Gasteiger partial charge is 0.394 e. The van der Waals surface area contributed by atoms with Gasteiger partial charge in [-0.25, -0.2) is 4.98 Å². The lowest BCUT2D eigenvalue weighted by molar-refractivity contribution is -0.0810. The first-order valence-corrected chi connectivity index (χ1v) is 9.45. The van der Waals surface area contributed by atoms with Crippen molar-refractivity contribution < 1.29 is 14.6 Å². The first kappa shape index (κ1) is 18.7. The topological polar surface area (TPSA) is 78.5 Å². The van der Waals surface area contributed by atoms with Crippen molar-refractivity contribution in [1.82, 2.24) is 14.9 Å². The van der Waals surface area contributed by atoms with E-state index in [0.29, 0.717) is 29.6 Å². The van der Waals surface area contributed by atoms with Crippen LogP contribution in [0.3, 0.4) is 0 Å². The van der Waals surface area contributed by atoms with Crippen molar-refractivity contribution in [3.8, 4) is 11.4 Å². The summed E-state index contributed by atoms with van der Waals surface area (Å²) in [4.78, 5) is 22.6. The molecule has 3 aromatic rings. The summed E-state index contributed by atoms with van der Waals surface area (Å²) in [6, 6.07) is 14.2. The second-order valence-electron chi connectivity index (χ2n) is 6.54. The summed E-state index contributed by atoms with van der Waals surface area (Å²) in [5.41, 5.74) is 2.02. The number of nitrogens with zero attached hydrogens (tertiary/aromatic N) is 2. The van der Waals surface area contributed by atoms with Crippen LogP contribution >= 0.6 is 11.6 Å². The molecule has 0 saturated carbocycles. The second-order valence-corrected chi connectivity index (χ2v) is 6.95. The Labute approximate surface area is 167 Å². The molecule has 2 N–H and O–H groups in total. The number of amides is 1. The molecule has 28 heavy (non-hydrogen) atoms. The minimum absolute atomic E-state index is 0.154. The number of morpholine rings is 1. The summed E-state index contributed by atoms with van der Waals surface area (Å²) in [7, 11) is 0. The fourth-order valence-corrected chi connectivity index (χ4v) is 3.89.